The number of carbonyl (C=O) groups is 1. The Morgan fingerprint density at radius 2 is 1.10 bits per heavy atom. The van der Waals surface area contributed by atoms with Gasteiger partial charge in [0.2, 0.25) is 0 Å². The number of aliphatic hydroxyl groups excluding tert-OH is 1. The van der Waals surface area contributed by atoms with Crippen LogP contribution in [0.2, 0.25) is 0 Å². The molecular weight excluding hydrogens is 727 g/mol. The Bertz CT molecular complexity index is 2170. The number of hydrogen-bond donors (Lipinski definition) is 2. The highest BCUT2D eigenvalue weighted by Gasteiger charge is 2.51. The highest BCUT2D eigenvalue weighted by atomic mass is 16.6. The molecule has 1 aliphatic heterocycles. The van der Waals surface area contributed by atoms with E-state index < -0.39 is 36.6 Å². The molecule has 298 valence electrons. The molecule has 0 spiro atoms. The van der Waals surface area contributed by atoms with E-state index in [1.807, 2.05) is 165 Å². The third-order valence-electron chi connectivity index (χ3n) is 10.5. The molecule has 0 aromatic heterocycles. The van der Waals surface area contributed by atoms with E-state index in [1.165, 1.54) is 0 Å². The Hall–Kier alpha value is -5.45. The summed E-state index contributed by atoms with van der Waals surface area (Å²) in [5, 5.41) is 15.2. The first-order valence-corrected chi connectivity index (χ1v) is 19.8. The van der Waals surface area contributed by atoms with Crippen molar-refractivity contribution in [3.63, 3.8) is 0 Å². The first kappa shape index (κ1) is 40.7. The maximum atomic E-state index is 12.5. The monoisotopic (exact) mass is 777 g/mol. The van der Waals surface area contributed by atoms with E-state index in [2.05, 4.69) is 5.32 Å². The van der Waals surface area contributed by atoms with Crippen molar-refractivity contribution in [2.45, 2.75) is 70.0 Å². The zero-order chi connectivity index (χ0) is 40.1. The van der Waals surface area contributed by atoms with Gasteiger partial charge in [-0.1, -0.05) is 152 Å². The lowest BCUT2D eigenvalue weighted by molar-refractivity contribution is -0.287. The molecule has 8 nitrogen and oxygen atoms in total. The van der Waals surface area contributed by atoms with E-state index in [-0.39, 0.29) is 19.1 Å². The van der Waals surface area contributed by atoms with Crippen molar-refractivity contribution in [1.29, 1.82) is 0 Å². The molecule has 0 aliphatic carbocycles. The lowest BCUT2D eigenvalue weighted by atomic mass is 9.87. The molecule has 6 aromatic rings. The van der Waals surface area contributed by atoms with Crippen molar-refractivity contribution in [1.82, 2.24) is 5.32 Å². The molecule has 7 rings (SSSR count). The molecule has 1 saturated heterocycles. The van der Waals surface area contributed by atoms with Crippen molar-refractivity contribution in [2.75, 3.05) is 13.7 Å². The summed E-state index contributed by atoms with van der Waals surface area (Å²) in [5.74, 6) is -0.154. The van der Waals surface area contributed by atoms with Crippen LogP contribution < -0.4 is 5.32 Å². The summed E-state index contributed by atoms with van der Waals surface area (Å²) in [4.78, 5) is 12.4. The second kappa shape index (κ2) is 20.3. The predicted octanol–water partition coefficient (Wildman–Crippen LogP) is 8.80. The van der Waals surface area contributed by atoms with Crippen LogP contribution >= 0.6 is 0 Å². The van der Waals surface area contributed by atoms with Gasteiger partial charge in [-0.05, 0) is 63.6 Å². The van der Waals surface area contributed by atoms with Crippen LogP contribution in [-0.2, 0) is 50.1 Å². The Kier molecular flexibility index (Phi) is 14.3. The minimum absolute atomic E-state index is 0.154. The summed E-state index contributed by atoms with van der Waals surface area (Å²) >= 11 is 0. The van der Waals surface area contributed by atoms with Crippen LogP contribution in [0.3, 0.4) is 0 Å². The molecule has 58 heavy (non-hydrogen) atoms. The van der Waals surface area contributed by atoms with E-state index >= 15 is 0 Å². The van der Waals surface area contributed by atoms with Crippen molar-refractivity contribution >= 4 is 5.91 Å². The molecule has 1 aliphatic rings. The van der Waals surface area contributed by atoms with Crippen LogP contribution in [0.25, 0.3) is 11.1 Å². The first-order valence-electron chi connectivity index (χ1n) is 19.8. The predicted molar refractivity (Wildman–Crippen MR) is 225 cm³/mol. The van der Waals surface area contributed by atoms with Crippen LogP contribution in [0.15, 0.2) is 164 Å². The van der Waals surface area contributed by atoms with Crippen molar-refractivity contribution < 1.29 is 33.6 Å². The second-order valence-corrected chi connectivity index (χ2v) is 14.6. The number of ether oxygens (including phenoxy) is 5. The van der Waals surface area contributed by atoms with E-state index in [9.17, 15) is 9.90 Å². The van der Waals surface area contributed by atoms with Gasteiger partial charge in [-0.3, -0.25) is 4.79 Å². The third-order valence-corrected chi connectivity index (χ3v) is 10.5. The van der Waals surface area contributed by atoms with Gasteiger partial charge in [-0.2, -0.15) is 0 Å². The van der Waals surface area contributed by atoms with E-state index in [1.54, 1.807) is 13.1 Å². The first-order chi connectivity index (χ1) is 28.5. The lowest BCUT2D eigenvalue weighted by Gasteiger charge is -2.47. The van der Waals surface area contributed by atoms with E-state index in [4.69, 9.17) is 23.7 Å². The fourth-order valence-electron chi connectivity index (χ4n) is 7.43. The Balaban J connectivity index is 1.25. The number of carbonyl (C=O) groups excluding carboxylic acids is 1. The average Bonchev–Trinajstić information content (AvgIpc) is 3.28. The SMILES string of the molecule is CNC(=O)c1cccc(-c2ccc([C@H](O)C3OC(COCc4ccccc4)C(OCc4ccccc4)C(OCc4ccccc4)C3OCc3ccccc3)c(C)c2)c1. The van der Waals surface area contributed by atoms with Gasteiger partial charge in [0.25, 0.3) is 5.91 Å². The van der Waals surface area contributed by atoms with Gasteiger partial charge in [0.1, 0.15) is 36.6 Å². The zero-order valence-corrected chi connectivity index (χ0v) is 33.0. The van der Waals surface area contributed by atoms with Crippen LogP contribution in [0.1, 0.15) is 49.8 Å². The molecule has 1 fully saturated rings. The molecule has 0 radical (unpaired) electrons. The quantitative estimate of drug-likeness (QED) is 0.0957. The number of nitrogens with one attached hydrogen (secondary N) is 1. The Morgan fingerprint density at radius 3 is 1.64 bits per heavy atom. The molecule has 0 saturated carbocycles. The van der Waals surface area contributed by atoms with Crippen LogP contribution in [0, 0.1) is 6.92 Å². The fourth-order valence-corrected chi connectivity index (χ4v) is 7.43. The summed E-state index contributed by atoms with van der Waals surface area (Å²) < 4.78 is 33.9. The Morgan fingerprint density at radius 1 is 0.603 bits per heavy atom. The average molecular weight is 778 g/mol. The van der Waals surface area contributed by atoms with Crippen LogP contribution in [0.4, 0.5) is 0 Å². The molecule has 8 heteroatoms. The summed E-state index contributed by atoms with van der Waals surface area (Å²) in [5.41, 5.74) is 7.97. The molecule has 1 amide bonds. The van der Waals surface area contributed by atoms with Crippen molar-refractivity contribution in [3.05, 3.63) is 203 Å². The number of amides is 1. The van der Waals surface area contributed by atoms with Crippen molar-refractivity contribution in [2.24, 2.45) is 0 Å². The smallest absolute Gasteiger partial charge is 0.251 e. The van der Waals surface area contributed by atoms with Crippen LogP contribution in [-0.4, -0.2) is 55.2 Å². The number of hydrogen-bond acceptors (Lipinski definition) is 7. The molecule has 5 unspecified atom stereocenters. The number of aliphatic hydroxyl groups is 1. The summed E-state index contributed by atoms with van der Waals surface area (Å²) in [6.07, 6.45) is -4.66. The van der Waals surface area contributed by atoms with Crippen molar-refractivity contribution in [3.8, 4) is 11.1 Å². The highest BCUT2D eigenvalue weighted by molar-refractivity contribution is 5.95. The number of aryl methyl sites for hydroxylation is 1. The number of rotatable bonds is 17. The van der Waals surface area contributed by atoms with Gasteiger partial charge in [-0.25, -0.2) is 0 Å². The van der Waals surface area contributed by atoms with Gasteiger partial charge in [-0.15, -0.1) is 0 Å². The van der Waals surface area contributed by atoms with Gasteiger partial charge < -0.3 is 34.1 Å². The van der Waals surface area contributed by atoms with Gasteiger partial charge in [0.05, 0.1) is 33.0 Å². The van der Waals surface area contributed by atoms with E-state index in [0.717, 1.165) is 38.9 Å². The topological polar surface area (TPSA) is 95.5 Å². The maximum Gasteiger partial charge on any atom is 0.251 e. The van der Waals surface area contributed by atoms with Gasteiger partial charge in [0, 0.05) is 12.6 Å². The molecular formula is C50H51NO7. The molecule has 6 atom stereocenters. The zero-order valence-electron chi connectivity index (χ0n) is 33.0. The normalized spacial score (nSPS) is 19.7. The summed E-state index contributed by atoms with van der Waals surface area (Å²) in [6.45, 7) is 3.42. The third kappa shape index (κ3) is 10.5. The largest absolute Gasteiger partial charge is 0.386 e. The highest BCUT2D eigenvalue weighted by Crippen LogP contribution is 2.38. The number of benzene rings is 6. The maximum absolute atomic E-state index is 12.5. The van der Waals surface area contributed by atoms with Crippen LogP contribution in [0.5, 0.6) is 0 Å². The van der Waals surface area contributed by atoms with Gasteiger partial charge >= 0.3 is 0 Å². The minimum Gasteiger partial charge on any atom is -0.386 e. The minimum atomic E-state index is -1.11. The lowest BCUT2D eigenvalue weighted by Crippen LogP contribution is -2.62. The fraction of sp³-hybridized carbons (Fsp3) is 0.260. The summed E-state index contributed by atoms with van der Waals surface area (Å²) in [7, 11) is 1.62. The van der Waals surface area contributed by atoms with Gasteiger partial charge in [0.15, 0.2) is 0 Å². The molecule has 1 heterocycles. The van der Waals surface area contributed by atoms with E-state index in [0.29, 0.717) is 30.9 Å². The second-order valence-electron chi connectivity index (χ2n) is 14.6. The molecule has 2 N–H and O–H groups in total. The molecule has 6 aromatic carbocycles. The molecule has 0 bridgehead atoms. The Labute approximate surface area is 341 Å². The summed E-state index contributed by atoms with van der Waals surface area (Å²) in [6, 6.07) is 53.4. The standard InChI is InChI=1S/C50H51NO7/c1-35-28-41(40-24-15-25-42(29-40)50(53)51-2)26-27-43(35)45(52)47-49(57-33-39-22-13-6-14-23-39)48(56-32-38-20-11-5-12-21-38)46(55-31-37-18-9-4-10-19-37)44(58-47)34-54-30-36-16-7-3-8-17-36/h3-29,44-49,52H,30-34H2,1-2H3,(H,51,53)/t44?,45-,46?,47?,48?,49?/m0/s1.